The van der Waals surface area contributed by atoms with Crippen molar-refractivity contribution < 1.29 is 24.2 Å². The van der Waals surface area contributed by atoms with Gasteiger partial charge in [-0.1, -0.05) is 39.3 Å². The van der Waals surface area contributed by atoms with Gasteiger partial charge in [-0.2, -0.15) is 0 Å². The predicted molar refractivity (Wildman–Crippen MR) is 134 cm³/mol. The molecule has 35 heavy (non-hydrogen) atoms. The first kappa shape index (κ1) is 27.4. The number of fused-ring (bicyclic) bond motifs is 1. The molecule has 0 aromatic heterocycles. The van der Waals surface area contributed by atoms with Crippen LogP contribution in [0.25, 0.3) is 0 Å². The monoisotopic (exact) mass is 489 g/mol. The summed E-state index contributed by atoms with van der Waals surface area (Å²) in [5, 5.41) is 9.80. The lowest BCUT2D eigenvalue weighted by molar-refractivity contribution is -0.155. The molecule has 1 N–H and O–H groups in total. The van der Waals surface area contributed by atoms with Gasteiger partial charge >= 0.3 is 0 Å². The quantitative estimate of drug-likeness (QED) is 0.401. The lowest BCUT2D eigenvalue weighted by atomic mass is 9.62. The summed E-state index contributed by atoms with van der Waals surface area (Å²) in [5.74, 6) is -2.03. The summed E-state index contributed by atoms with van der Waals surface area (Å²) >= 11 is 0. The Morgan fingerprint density at radius 1 is 1.14 bits per heavy atom. The number of likely N-dealkylation sites (tertiary alicyclic amines) is 1. The summed E-state index contributed by atoms with van der Waals surface area (Å²) in [5.41, 5.74) is -1.93. The van der Waals surface area contributed by atoms with E-state index in [1.54, 1.807) is 22.0 Å². The Morgan fingerprint density at radius 2 is 1.77 bits per heavy atom. The molecule has 3 aliphatic heterocycles. The van der Waals surface area contributed by atoms with Gasteiger partial charge in [0.1, 0.15) is 11.6 Å². The fraction of sp³-hybridized carbons (Fsp3) is 0.741. The van der Waals surface area contributed by atoms with Gasteiger partial charge in [-0.25, -0.2) is 0 Å². The van der Waals surface area contributed by atoms with Crippen molar-refractivity contribution in [1.29, 1.82) is 0 Å². The highest BCUT2D eigenvalue weighted by atomic mass is 16.5. The number of ether oxygens (including phenoxy) is 1. The molecule has 2 bridgehead atoms. The van der Waals surface area contributed by atoms with Gasteiger partial charge < -0.3 is 24.5 Å². The number of β-amino-alcohol motifs (C(OH)–C–C–N with tert-alkyl or cyclic N) is 1. The Bertz CT molecular complexity index is 847. The molecule has 3 aliphatic rings. The van der Waals surface area contributed by atoms with Crippen LogP contribution in [-0.2, 0) is 19.1 Å². The minimum atomic E-state index is -1.09. The average Bonchev–Trinajstić information content (AvgIpc) is 3.33. The van der Waals surface area contributed by atoms with Crippen LogP contribution in [0.15, 0.2) is 25.3 Å². The molecular weight excluding hydrogens is 446 g/mol. The maximum absolute atomic E-state index is 14.0. The lowest BCUT2D eigenvalue weighted by Gasteiger charge is -2.39. The van der Waals surface area contributed by atoms with E-state index < -0.39 is 29.1 Å². The van der Waals surface area contributed by atoms with Crippen LogP contribution >= 0.6 is 0 Å². The Labute approximate surface area is 210 Å². The third kappa shape index (κ3) is 4.33. The normalized spacial score (nSPS) is 33.1. The molecule has 0 aliphatic carbocycles. The van der Waals surface area contributed by atoms with Crippen LogP contribution in [-0.4, -0.2) is 94.1 Å². The van der Waals surface area contributed by atoms with E-state index in [4.69, 9.17) is 4.74 Å². The summed E-state index contributed by atoms with van der Waals surface area (Å²) in [6, 6.07) is -0.870. The van der Waals surface area contributed by atoms with E-state index >= 15 is 0 Å². The smallest absolute Gasteiger partial charge is 0.248 e. The van der Waals surface area contributed by atoms with Crippen LogP contribution in [0.4, 0.5) is 0 Å². The van der Waals surface area contributed by atoms with Gasteiger partial charge in [0.05, 0.1) is 24.0 Å². The Hall–Kier alpha value is -2.19. The number of carbonyl (C=O) groups excluding carboxylic acids is 3. The van der Waals surface area contributed by atoms with Gasteiger partial charge in [-0.05, 0) is 32.1 Å². The second-order valence-electron chi connectivity index (χ2n) is 10.5. The van der Waals surface area contributed by atoms with Crippen molar-refractivity contribution in [3.05, 3.63) is 25.3 Å². The Balaban J connectivity index is 2.09. The highest BCUT2D eigenvalue weighted by molar-refractivity contribution is 5.99. The lowest BCUT2D eigenvalue weighted by Crippen LogP contribution is -2.57. The van der Waals surface area contributed by atoms with Crippen LogP contribution in [0.2, 0.25) is 0 Å². The molecule has 0 saturated carbocycles. The molecule has 3 heterocycles. The molecule has 0 radical (unpaired) electrons. The highest BCUT2D eigenvalue weighted by Gasteiger charge is 2.80. The highest BCUT2D eigenvalue weighted by Crippen LogP contribution is 2.65. The molecular formula is C27H43N3O5. The van der Waals surface area contributed by atoms with E-state index in [-0.39, 0.29) is 36.8 Å². The first-order valence-corrected chi connectivity index (χ1v) is 13.1. The van der Waals surface area contributed by atoms with Gasteiger partial charge in [0.2, 0.25) is 17.7 Å². The molecule has 3 fully saturated rings. The maximum Gasteiger partial charge on any atom is 0.248 e. The molecule has 3 unspecified atom stereocenters. The molecule has 3 saturated heterocycles. The fourth-order valence-electron chi connectivity index (χ4n) is 6.63. The number of nitrogens with zero attached hydrogens (tertiary/aromatic N) is 3. The number of unbranched alkanes of at least 4 members (excludes halogenated alkanes) is 1. The second kappa shape index (κ2) is 10.8. The van der Waals surface area contributed by atoms with E-state index in [9.17, 15) is 19.5 Å². The number of carbonyl (C=O) groups is 3. The number of aliphatic hydroxyl groups is 1. The summed E-state index contributed by atoms with van der Waals surface area (Å²) in [7, 11) is 0. The third-order valence-electron chi connectivity index (χ3n) is 8.25. The molecule has 8 heteroatoms. The molecule has 3 rings (SSSR count). The number of amides is 3. The Kier molecular flexibility index (Phi) is 8.48. The largest absolute Gasteiger partial charge is 0.395 e. The molecule has 196 valence electrons. The second-order valence-corrected chi connectivity index (χ2v) is 10.5. The minimum Gasteiger partial charge on any atom is -0.395 e. The van der Waals surface area contributed by atoms with Crippen LogP contribution in [0.5, 0.6) is 0 Å². The molecule has 8 nitrogen and oxygen atoms in total. The van der Waals surface area contributed by atoms with Crippen LogP contribution in [0, 0.1) is 17.8 Å². The van der Waals surface area contributed by atoms with Gasteiger partial charge in [0.15, 0.2) is 0 Å². The van der Waals surface area contributed by atoms with Gasteiger partial charge in [-0.3, -0.25) is 14.4 Å². The molecule has 3 amide bonds. The average molecular weight is 490 g/mol. The zero-order valence-corrected chi connectivity index (χ0v) is 21.9. The zero-order chi connectivity index (χ0) is 26.0. The summed E-state index contributed by atoms with van der Waals surface area (Å²) in [6.07, 6.45) is 6.46. The summed E-state index contributed by atoms with van der Waals surface area (Å²) < 4.78 is 6.75. The predicted octanol–water partition coefficient (Wildman–Crippen LogP) is 2.23. The van der Waals surface area contributed by atoms with E-state index in [1.807, 2.05) is 20.8 Å². The third-order valence-corrected chi connectivity index (χ3v) is 8.25. The van der Waals surface area contributed by atoms with Crippen molar-refractivity contribution in [2.45, 2.75) is 70.6 Å². The van der Waals surface area contributed by atoms with Crippen molar-refractivity contribution in [3.63, 3.8) is 0 Å². The van der Waals surface area contributed by atoms with Crippen molar-refractivity contribution in [3.8, 4) is 0 Å². The van der Waals surface area contributed by atoms with E-state index in [2.05, 4.69) is 20.1 Å². The van der Waals surface area contributed by atoms with Gasteiger partial charge in [0.25, 0.3) is 0 Å². The number of aliphatic hydroxyl groups excluding tert-OH is 1. The minimum absolute atomic E-state index is 0.0134. The van der Waals surface area contributed by atoms with Crippen molar-refractivity contribution in [1.82, 2.24) is 14.7 Å². The molecule has 0 aromatic rings. The fourth-order valence-corrected chi connectivity index (χ4v) is 6.63. The van der Waals surface area contributed by atoms with Crippen LogP contribution in [0.1, 0.15) is 53.4 Å². The summed E-state index contributed by atoms with van der Waals surface area (Å²) in [6.45, 7) is 17.3. The van der Waals surface area contributed by atoms with Crippen molar-refractivity contribution in [2.24, 2.45) is 17.8 Å². The van der Waals surface area contributed by atoms with E-state index in [0.29, 0.717) is 32.6 Å². The molecule has 6 atom stereocenters. The van der Waals surface area contributed by atoms with Crippen molar-refractivity contribution >= 4 is 17.7 Å². The zero-order valence-electron chi connectivity index (χ0n) is 21.9. The van der Waals surface area contributed by atoms with Crippen LogP contribution < -0.4 is 0 Å². The molecule has 1 spiro atoms. The molecule has 0 aromatic carbocycles. The van der Waals surface area contributed by atoms with Crippen molar-refractivity contribution in [2.75, 3.05) is 39.3 Å². The Morgan fingerprint density at radius 3 is 2.31 bits per heavy atom. The number of hydrogen-bond donors (Lipinski definition) is 1. The first-order valence-electron chi connectivity index (χ1n) is 13.1. The SMILES string of the molecule is C=CCN(CCCC)C(=O)C1N(CCO)C(=O)[C@@H]2[C@@H](C(=O)N(CC=C)CCC)[C@]3(C)OC12CC3C. The van der Waals surface area contributed by atoms with Crippen LogP contribution in [0.3, 0.4) is 0 Å². The first-order chi connectivity index (χ1) is 16.7. The maximum atomic E-state index is 14.0. The number of hydrogen-bond acceptors (Lipinski definition) is 5. The van der Waals surface area contributed by atoms with E-state index in [0.717, 1.165) is 19.3 Å². The standard InChI is InChI=1S/C27H43N3O5/c1-7-11-15-29(14-10-4)25(34)22-27-18-19(5)26(6,35-27)20(21(27)24(33)30(22)16-17-31)23(32)28(12-8-2)13-9-3/h8,10,19-22,31H,2,4,7,9,11-18H2,1,3,5-6H3/t19?,20-,21-,22?,26+,27?/m0/s1. The van der Waals surface area contributed by atoms with E-state index in [1.165, 1.54) is 4.90 Å². The number of rotatable bonds is 13. The van der Waals surface area contributed by atoms with Gasteiger partial charge in [0, 0.05) is 32.7 Å². The topological polar surface area (TPSA) is 90.4 Å². The van der Waals surface area contributed by atoms with Gasteiger partial charge in [-0.15, -0.1) is 13.2 Å². The summed E-state index contributed by atoms with van der Waals surface area (Å²) in [4.78, 5) is 46.9.